The highest BCUT2D eigenvalue weighted by molar-refractivity contribution is 5.90. The predicted molar refractivity (Wildman–Crippen MR) is 43.5 cm³/mol. The zero-order valence-electron chi connectivity index (χ0n) is 7.06. The van der Waals surface area contributed by atoms with Crippen LogP contribution in [-0.4, -0.2) is 45.4 Å². The Morgan fingerprint density at radius 3 is 2.93 bits per heavy atom. The quantitative estimate of drug-likeness (QED) is 0.552. The first-order valence-electron chi connectivity index (χ1n) is 3.63. The number of amides is 1. The molecule has 0 atom stereocenters. The minimum absolute atomic E-state index is 0.189. The number of carboxylic acid groups (broad SMARTS) is 1. The Kier molecular flexibility index (Phi) is 3.56. The van der Waals surface area contributed by atoms with Gasteiger partial charge in [-0.25, -0.2) is 9.89 Å². The molecule has 1 aromatic heterocycles. The number of carboxylic acids is 1. The molecule has 14 heavy (non-hydrogen) atoms. The van der Waals surface area contributed by atoms with Gasteiger partial charge in [0.15, 0.2) is 0 Å². The fraction of sp³-hybridized carbons (Fsp3) is 0.333. The molecule has 1 heterocycles. The van der Waals surface area contributed by atoms with Crippen LogP contribution in [-0.2, 0) is 14.3 Å². The summed E-state index contributed by atoms with van der Waals surface area (Å²) in [4.78, 5) is 24.6. The van der Waals surface area contributed by atoms with E-state index in [1.807, 2.05) is 0 Å². The molecule has 76 valence electrons. The van der Waals surface area contributed by atoms with Crippen LogP contribution in [0.5, 0.6) is 0 Å². The summed E-state index contributed by atoms with van der Waals surface area (Å²) in [5.41, 5.74) is 0. The van der Waals surface area contributed by atoms with Gasteiger partial charge in [0.25, 0.3) is 5.91 Å². The van der Waals surface area contributed by atoms with Crippen molar-refractivity contribution < 1.29 is 19.4 Å². The molecule has 0 spiro atoms. The van der Waals surface area contributed by atoms with Gasteiger partial charge < -0.3 is 9.84 Å². The Bertz CT molecular complexity index is 310. The summed E-state index contributed by atoms with van der Waals surface area (Å²) in [5, 5.41) is 16.4. The van der Waals surface area contributed by atoms with Gasteiger partial charge in [0, 0.05) is 0 Å². The molecule has 0 aromatic carbocycles. The highest BCUT2D eigenvalue weighted by Crippen LogP contribution is 1.91. The van der Waals surface area contributed by atoms with E-state index in [-0.39, 0.29) is 12.6 Å². The number of aliphatic carboxylic acids is 1. The molecule has 0 saturated carbocycles. The highest BCUT2D eigenvalue weighted by Gasteiger charge is 2.05. The molecule has 1 amide bonds. The van der Waals surface area contributed by atoms with E-state index >= 15 is 0 Å². The van der Waals surface area contributed by atoms with Crippen molar-refractivity contribution in [1.29, 1.82) is 0 Å². The average molecular weight is 200 g/mol. The minimum atomic E-state index is -1.13. The summed E-state index contributed by atoms with van der Waals surface area (Å²) in [6.45, 7) is -0.850. The second-order valence-corrected chi connectivity index (χ2v) is 2.27. The second kappa shape index (κ2) is 4.92. The first kappa shape index (κ1) is 10.1. The zero-order chi connectivity index (χ0) is 10.4. The molecule has 8 heteroatoms. The second-order valence-electron chi connectivity index (χ2n) is 2.27. The van der Waals surface area contributed by atoms with Crippen molar-refractivity contribution in [2.24, 2.45) is 0 Å². The number of aromatic nitrogens is 3. The van der Waals surface area contributed by atoms with E-state index in [0.29, 0.717) is 0 Å². The van der Waals surface area contributed by atoms with E-state index in [2.05, 4.69) is 25.2 Å². The van der Waals surface area contributed by atoms with E-state index in [1.165, 1.54) is 6.33 Å². The highest BCUT2D eigenvalue weighted by atomic mass is 16.5. The fourth-order valence-electron chi connectivity index (χ4n) is 0.665. The van der Waals surface area contributed by atoms with Crippen LogP contribution >= 0.6 is 0 Å². The van der Waals surface area contributed by atoms with Crippen LogP contribution in [0.25, 0.3) is 0 Å². The van der Waals surface area contributed by atoms with Crippen molar-refractivity contribution in [3.8, 4) is 0 Å². The molecule has 1 aromatic rings. The zero-order valence-corrected chi connectivity index (χ0v) is 7.06. The number of anilines is 1. The van der Waals surface area contributed by atoms with Gasteiger partial charge in [0.2, 0.25) is 5.95 Å². The lowest BCUT2D eigenvalue weighted by Gasteiger charge is -2.00. The summed E-state index contributed by atoms with van der Waals surface area (Å²) in [7, 11) is 0. The van der Waals surface area contributed by atoms with Crippen molar-refractivity contribution in [2.75, 3.05) is 18.5 Å². The van der Waals surface area contributed by atoms with Gasteiger partial charge in [0.05, 0.1) is 0 Å². The number of aromatic amines is 1. The number of nitrogens with one attached hydrogen (secondary N) is 2. The predicted octanol–water partition coefficient (Wildman–Crippen LogP) is -1.16. The molecule has 0 unspecified atom stereocenters. The molecule has 0 saturated heterocycles. The lowest BCUT2D eigenvalue weighted by molar-refractivity contribution is -0.143. The third-order valence-electron chi connectivity index (χ3n) is 1.13. The number of rotatable bonds is 5. The maximum absolute atomic E-state index is 11.0. The molecule has 3 N–H and O–H groups in total. The van der Waals surface area contributed by atoms with Crippen molar-refractivity contribution >= 4 is 17.8 Å². The number of hydrogen-bond acceptors (Lipinski definition) is 5. The topological polar surface area (TPSA) is 117 Å². The Labute approximate surface area is 78.3 Å². The summed E-state index contributed by atoms with van der Waals surface area (Å²) in [6, 6.07) is 0. The molecule has 0 aliphatic heterocycles. The van der Waals surface area contributed by atoms with Crippen LogP contribution < -0.4 is 5.32 Å². The van der Waals surface area contributed by atoms with Crippen molar-refractivity contribution in [2.45, 2.75) is 0 Å². The van der Waals surface area contributed by atoms with Crippen LogP contribution in [0, 0.1) is 0 Å². The Morgan fingerprint density at radius 1 is 1.57 bits per heavy atom. The third kappa shape index (κ3) is 3.63. The third-order valence-corrected chi connectivity index (χ3v) is 1.13. The smallest absolute Gasteiger partial charge is 0.329 e. The maximum Gasteiger partial charge on any atom is 0.329 e. The van der Waals surface area contributed by atoms with E-state index in [0.717, 1.165) is 0 Å². The SMILES string of the molecule is O=C(O)COCC(=O)Nc1ncn[nH]1. The molecule has 8 nitrogen and oxygen atoms in total. The lowest BCUT2D eigenvalue weighted by Crippen LogP contribution is -2.21. The largest absolute Gasteiger partial charge is 0.480 e. The van der Waals surface area contributed by atoms with Gasteiger partial charge in [-0.2, -0.15) is 10.1 Å². The van der Waals surface area contributed by atoms with Crippen LogP contribution in [0.2, 0.25) is 0 Å². The average Bonchev–Trinajstić information content (AvgIpc) is 2.56. The van der Waals surface area contributed by atoms with E-state index in [4.69, 9.17) is 5.11 Å². The van der Waals surface area contributed by atoms with Crippen LogP contribution in [0.1, 0.15) is 0 Å². The van der Waals surface area contributed by atoms with E-state index < -0.39 is 18.5 Å². The van der Waals surface area contributed by atoms with Gasteiger partial charge in [-0.3, -0.25) is 10.1 Å². The van der Waals surface area contributed by atoms with Crippen LogP contribution in [0.3, 0.4) is 0 Å². The van der Waals surface area contributed by atoms with E-state index in [9.17, 15) is 9.59 Å². The van der Waals surface area contributed by atoms with Gasteiger partial charge in [-0.05, 0) is 0 Å². The van der Waals surface area contributed by atoms with Crippen molar-refractivity contribution in [3.05, 3.63) is 6.33 Å². The molecule has 0 fully saturated rings. The number of carbonyl (C=O) groups excluding carboxylic acids is 1. The first-order valence-corrected chi connectivity index (χ1v) is 3.63. The lowest BCUT2D eigenvalue weighted by atomic mass is 10.6. The summed E-state index contributed by atoms with van der Waals surface area (Å²) in [6.07, 6.45) is 1.23. The van der Waals surface area contributed by atoms with Gasteiger partial charge in [-0.1, -0.05) is 0 Å². The Morgan fingerprint density at radius 2 is 2.36 bits per heavy atom. The van der Waals surface area contributed by atoms with Crippen LogP contribution in [0.15, 0.2) is 6.33 Å². The van der Waals surface area contributed by atoms with Gasteiger partial charge in [-0.15, -0.1) is 0 Å². The molecule has 1 rings (SSSR count). The van der Waals surface area contributed by atoms with Gasteiger partial charge in [0.1, 0.15) is 19.5 Å². The Balaban J connectivity index is 2.20. The molecule has 0 aliphatic rings. The molecule has 0 radical (unpaired) electrons. The van der Waals surface area contributed by atoms with Crippen LogP contribution in [0.4, 0.5) is 5.95 Å². The fourth-order valence-corrected chi connectivity index (χ4v) is 0.665. The van der Waals surface area contributed by atoms with Crippen molar-refractivity contribution in [3.63, 3.8) is 0 Å². The number of hydrogen-bond donors (Lipinski definition) is 3. The first-order chi connectivity index (χ1) is 6.68. The normalized spacial score (nSPS) is 9.71. The summed E-state index contributed by atoms with van der Waals surface area (Å²) in [5.74, 6) is -1.44. The standard InChI is InChI=1S/C6H8N4O4/c11-4(1-14-2-5(12)13)9-6-7-3-8-10-6/h3H,1-2H2,(H,12,13)(H2,7,8,9,10,11). The number of carbonyl (C=O) groups is 2. The molecule has 0 aliphatic carbocycles. The van der Waals surface area contributed by atoms with E-state index in [1.54, 1.807) is 0 Å². The number of ether oxygens (including phenoxy) is 1. The molecular weight excluding hydrogens is 192 g/mol. The molecular formula is C6H8N4O4. The number of H-pyrrole nitrogens is 1. The summed E-state index contributed by atoms with van der Waals surface area (Å²) < 4.78 is 4.53. The summed E-state index contributed by atoms with van der Waals surface area (Å²) >= 11 is 0. The van der Waals surface area contributed by atoms with Gasteiger partial charge >= 0.3 is 5.97 Å². The minimum Gasteiger partial charge on any atom is -0.480 e. The maximum atomic E-state index is 11.0. The molecule has 0 bridgehead atoms. The van der Waals surface area contributed by atoms with Crippen molar-refractivity contribution in [1.82, 2.24) is 15.2 Å². The monoisotopic (exact) mass is 200 g/mol. The Hall–Kier alpha value is -1.96. The number of nitrogens with zero attached hydrogens (tertiary/aromatic N) is 2.